The van der Waals surface area contributed by atoms with Gasteiger partial charge in [0.25, 0.3) is 4.84 Å². The Balaban J connectivity index is 1.81. The molecule has 0 saturated carbocycles. The van der Waals surface area contributed by atoms with Gasteiger partial charge in [-0.1, -0.05) is 31.0 Å². The van der Waals surface area contributed by atoms with Crippen LogP contribution >= 0.6 is 23.8 Å². The van der Waals surface area contributed by atoms with Crippen molar-refractivity contribution >= 4 is 33.7 Å². The van der Waals surface area contributed by atoms with Gasteiger partial charge in [-0.2, -0.15) is 0 Å². The minimum Gasteiger partial charge on any atom is -0.409 e. The lowest BCUT2D eigenvalue weighted by Gasteiger charge is -2.27. The largest absolute Gasteiger partial charge is 0.409 e. The van der Waals surface area contributed by atoms with E-state index in [9.17, 15) is 8.42 Å². The first-order chi connectivity index (χ1) is 12.4. The van der Waals surface area contributed by atoms with Crippen molar-refractivity contribution in [3.63, 3.8) is 0 Å². The molecule has 0 amide bonds. The second kappa shape index (κ2) is 8.21. The van der Waals surface area contributed by atoms with Gasteiger partial charge in [0.1, 0.15) is 0 Å². The summed E-state index contributed by atoms with van der Waals surface area (Å²) in [6.45, 7) is 3.34. The number of unbranched alkanes of at least 4 members (excludes halogenated alkanes) is 1. The number of hydrogen-bond acceptors (Lipinski definition) is 6. The third kappa shape index (κ3) is 4.73. The van der Waals surface area contributed by atoms with E-state index in [1.807, 2.05) is 12.1 Å². The van der Waals surface area contributed by atoms with Gasteiger partial charge in [0.2, 0.25) is 5.89 Å². The highest BCUT2D eigenvalue weighted by molar-refractivity contribution is 7.91. The SMILES string of the molecule is CCCCN(Cn1nc(-c2cccc(Cl)c2)oc1=S)C1CCS(=O)(=O)C1. The van der Waals surface area contributed by atoms with Crippen molar-refractivity contribution in [3.05, 3.63) is 34.1 Å². The topological polar surface area (TPSA) is 68.3 Å². The van der Waals surface area contributed by atoms with Crippen LogP contribution in [0.5, 0.6) is 0 Å². The molecular formula is C17H22ClN3O3S2. The summed E-state index contributed by atoms with van der Waals surface area (Å²) < 4.78 is 31.0. The number of halogens is 1. The highest BCUT2D eigenvalue weighted by Gasteiger charge is 2.32. The molecule has 0 bridgehead atoms. The average Bonchev–Trinajstić information content (AvgIpc) is 3.14. The van der Waals surface area contributed by atoms with Crippen molar-refractivity contribution in [3.8, 4) is 11.5 Å². The molecule has 1 aliphatic rings. The van der Waals surface area contributed by atoms with Crippen molar-refractivity contribution in [2.24, 2.45) is 0 Å². The summed E-state index contributed by atoms with van der Waals surface area (Å²) in [5.74, 6) is 0.855. The molecule has 142 valence electrons. The molecule has 0 aliphatic carbocycles. The Morgan fingerprint density at radius 2 is 2.27 bits per heavy atom. The molecule has 6 nitrogen and oxygen atoms in total. The van der Waals surface area contributed by atoms with Crippen LogP contribution in [0.4, 0.5) is 0 Å². The van der Waals surface area contributed by atoms with Gasteiger partial charge in [-0.15, -0.1) is 5.10 Å². The van der Waals surface area contributed by atoms with E-state index in [0.29, 0.717) is 24.0 Å². The predicted octanol–water partition coefficient (Wildman–Crippen LogP) is 3.77. The molecule has 1 saturated heterocycles. The first-order valence-corrected chi connectivity index (χ1v) is 11.3. The van der Waals surface area contributed by atoms with E-state index in [-0.39, 0.29) is 22.4 Å². The Morgan fingerprint density at radius 1 is 1.46 bits per heavy atom. The van der Waals surface area contributed by atoms with Crippen molar-refractivity contribution in [2.75, 3.05) is 18.1 Å². The Labute approximate surface area is 163 Å². The minimum absolute atomic E-state index is 0.000213. The summed E-state index contributed by atoms with van der Waals surface area (Å²) in [6.07, 6.45) is 2.68. The van der Waals surface area contributed by atoms with E-state index in [1.54, 1.807) is 16.8 Å². The summed E-state index contributed by atoms with van der Waals surface area (Å²) in [4.78, 5) is 2.41. The van der Waals surface area contributed by atoms with Crippen LogP contribution in [-0.4, -0.2) is 47.2 Å². The van der Waals surface area contributed by atoms with Crippen LogP contribution in [0, 0.1) is 4.84 Å². The molecule has 2 heterocycles. The second-order valence-electron chi connectivity index (χ2n) is 6.55. The number of aromatic nitrogens is 2. The summed E-state index contributed by atoms with van der Waals surface area (Å²) in [5, 5.41) is 5.07. The van der Waals surface area contributed by atoms with Gasteiger partial charge in [-0.3, -0.25) is 4.90 Å². The highest BCUT2D eigenvalue weighted by Crippen LogP contribution is 2.23. The Morgan fingerprint density at radius 3 is 2.92 bits per heavy atom. The Bertz CT molecular complexity index is 923. The fourth-order valence-electron chi connectivity index (χ4n) is 3.10. The molecule has 0 N–H and O–H groups in total. The maximum absolute atomic E-state index is 11.9. The zero-order valence-electron chi connectivity index (χ0n) is 14.6. The zero-order chi connectivity index (χ0) is 18.7. The molecule has 3 rings (SSSR count). The number of benzene rings is 1. The molecule has 1 aromatic heterocycles. The highest BCUT2D eigenvalue weighted by atomic mass is 35.5. The second-order valence-corrected chi connectivity index (χ2v) is 9.56. The summed E-state index contributed by atoms with van der Waals surface area (Å²) >= 11 is 11.3. The van der Waals surface area contributed by atoms with Crippen LogP contribution in [0.1, 0.15) is 26.2 Å². The van der Waals surface area contributed by atoms with Gasteiger partial charge in [0.15, 0.2) is 9.84 Å². The van der Waals surface area contributed by atoms with E-state index >= 15 is 0 Å². The number of nitrogens with zero attached hydrogens (tertiary/aromatic N) is 3. The molecule has 26 heavy (non-hydrogen) atoms. The molecule has 2 aromatic rings. The van der Waals surface area contributed by atoms with Crippen molar-refractivity contribution < 1.29 is 12.8 Å². The fourth-order valence-corrected chi connectivity index (χ4v) is 5.23. The normalized spacial score (nSPS) is 19.3. The smallest absolute Gasteiger partial charge is 0.288 e. The number of sulfone groups is 1. The van der Waals surface area contributed by atoms with Crippen molar-refractivity contribution in [1.82, 2.24) is 14.7 Å². The summed E-state index contributed by atoms with van der Waals surface area (Å²) in [7, 11) is -2.95. The molecule has 1 atom stereocenters. The van der Waals surface area contributed by atoms with E-state index in [1.165, 1.54) is 0 Å². The third-order valence-corrected chi connectivity index (χ3v) is 6.80. The molecular weight excluding hydrogens is 394 g/mol. The van der Waals surface area contributed by atoms with E-state index in [4.69, 9.17) is 28.2 Å². The lowest BCUT2D eigenvalue weighted by Crippen LogP contribution is -2.38. The summed E-state index contributed by atoms with van der Waals surface area (Å²) in [6, 6.07) is 7.23. The maximum atomic E-state index is 11.9. The van der Waals surface area contributed by atoms with Gasteiger partial charge in [-0.25, -0.2) is 13.1 Å². The van der Waals surface area contributed by atoms with E-state index < -0.39 is 9.84 Å². The molecule has 1 aliphatic heterocycles. The summed E-state index contributed by atoms with van der Waals surface area (Å²) in [5.41, 5.74) is 0.755. The molecule has 0 spiro atoms. The van der Waals surface area contributed by atoms with Gasteiger partial charge in [-0.05, 0) is 43.3 Å². The molecule has 9 heteroatoms. The van der Waals surface area contributed by atoms with Crippen LogP contribution in [0.15, 0.2) is 28.7 Å². The van der Waals surface area contributed by atoms with Gasteiger partial charge in [0.05, 0.1) is 18.2 Å². The quantitative estimate of drug-likeness (QED) is 0.641. The first-order valence-electron chi connectivity index (χ1n) is 8.66. The lowest BCUT2D eigenvalue weighted by molar-refractivity contribution is 0.151. The van der Waals surface area contributed by atoms with Crippen LogP contribution in [-0.2, 0) is 16.5 Å². The molecule has 1 aromatic carbocycles. The Hall–Kier alpha value is -1.22. The Kier molecular flexibility index (Phi) is 6.17. The number of rotatable bonds is 7. The van der Waals surface area contributed by atoms with Gasteiger partial charge in [0, 0.05) is 23.2 Å². The van der Waals surface area contributed by atoms with Crippen LogP contribution in [0.3, 0.4) is 0 Å². The van der Waals surface area contributed by atoms with Crippen molar-refractivity contribution in [1.29, 1.82) is 0 Å². The average molecular weight is 416 g/mol. The molecule has 0 radical (unpaired) electrons. The maximum Gasteiger partial charge on any atom is 0.288 e. The predicted molar refractivity (Wildman–Crippen MR) is 104 cm³/mol. The van der Waals surface area contributed by atoms with Gasteiger partial charge >= 0.3 is 0 Å². The third-order valence-electron chi connectivity index (χ3n) is 4.52. The molecule has 1 unspecified atom stereocenters. The molecule has 1 fully saturated rings. The fraction of sp³-hybridized carbons (Fsp3) is 0.529. The van der Waals surface area contributed by atoms with E-state index in [0.717, 1.165) is 24.9 Å². The standard InChI is InChI=1S/C17H22ClN3O3S2/c1-2-3-8-20(15-7-9-26(22,23)11-15)12-21-17(25)24-16(19-21)13-5-4-6-14(18)10-13/h4-6,10,15H,2-3,7-9,11-12H2,1H3. The minimum atomic E-state index is -2.95. The van der Waals surface area contributed by atoms with Crippen LogP contribution in [0.25, 0.3) is 11.5 Å². The number of hydrogen-bond donors (Lipinski definition) is 0. The van der Waals surface area contributed by atoms with Crippen molar-refractivity contribution in [2.45, 2.75) is 38.9 Å². The van der Waals surface area contributed by atoms with Crippen LogP contribution < -0.4 is 0 Å². The van der Waals surface area contributed by atoms with E-state index in [2.05, 4.69) is 16.9 Å². The monoisotopic (exact) mass is 415 g/mol. The zero-order valence-corrected chi connectivity index (χ0v) is 17.0. The lowest BCUT2D eigenvalue weighted by atomic mass is 10.2. The first kappa shape index (κ1) is 19.5. The van der Waals surface area contributed by atoms with Crippen LogP contribution in [0.2, 0.25) is 5.02 Å². The van der Waals surface area contributed by atoms with Gasteiger partial charge < -0.3 is 4.42 Å².